The van der Waals surface area contributed by atoms with Gasteiger partial charge in [0.15, 0.2) is 5.78 Å². The molecule has 4 heteroatoms. The van der Waals surface area contributed by atoms with E-state index in [4.69, 9.17) is 0 Å². The maximum absolute atomic E-state index is 11.9. The van der Waals surface area contributed by atoms with Gasteiger partial charge in [-0.2, -0.15) is 0 Å². The number of halogens is 2. The van der Waals surface area contributed by atoms with Crippen LogP contribution < -0.4 is 0 Å². The summed E-state index contributed by atoms with van der Waals surface area (Å²) < 4.78 is 23.8. The van der Waals surface area contributed by atoms with Crippen LogP contribution in [0.15, 0.2) is 24.3 Å². The fraction of sp³-hybridized carbons (Fsp3) is 0.333. The molecule has 1 aromatic rings. The number of benzene rings is 1. The first kappa shape index (κ1) is 12.5. The van der Waals surface area contributed by atoms with E-state index in [-0.39, 0.29) is 0 Å². The summed E-state index contributed by atoms with van der Waals surface area (Å²) >= 11 is 0. The maximum atomic E-state index is 11.9. The van der Waals surface area contributed by atoms with Crippen molar-refractivity contribution in [3.05, 3.63) is 35.4 Å². The summed E-state index contributed by atoms with van der Waals surface area (Å²) in [5.74, 6) is -1.89. The van der Waals surface area contributed by atoms with Crippen LogP contribution in [0.25, 0.3) is 0 Å². The lowest BCUT2D eigenvalue weighted by atomic mass is 10.0. The van der Waals surface area contributed by atoms with Gasteiger partial charge >= 0.3 is 0 Å². The summed E-state index contributed by atoms with van der Waals surface area (Å²) in [5, 5.41) is 0. The minimum absolute atomic E-state index is 0.297. The highest BCUT2D eigenvalue weighted by Crippen LogP contribution is 2.09. The van der Waals surface area contributed by atoms with Crippen LogP contribution in [0.2, 0.25) is 0 Å². The predicted octanol–water partition coefficient (Wildman–Crippen LogP) is 2.66. The van der Waals surface area contributed by atoms with Crippen molar-refractivity contribution in [1.29, 1.82) is 0 Å². The molecule has 16 heavy (non-hydrogen) atoms. The second-order valence-electron chi connectivity index (χ2n) is 3.42. The fourth-order valence-electron chi connectivity index (χ4n) is 1.26. The van der Waals surface area contributed by atoms with Gasteiger partial charge in [-0.1, -0.05) is 31.2 Å². The molecule has 0 unspecified atom stereocenters. The molecule has 0 radical (unpaired) electrons. The van der Waals surface area contributed by atoms with E-state index in [9.17, 15) is 18.4 Å². The quantitative estimate of drug-likeness (QED) is 0.571. The zero-order valence-electron chi connectivity index (χ0n) is 8.87. The first-order valence-electron chi connectivity index (χ1n) is 4.97. The first-order chi connectivity index (χ1) is 7.54. The van der Waals surface area contributed by atoms with Gasteiger partial charge in [0.1, 0.15) is 0 Å². The number of rotatable bonds is 5. The van der Waals surface area contributed by atoms with E-state index in [1.165, 1.54) is 0 Å². The van der Waals surface area contributed by atoms with Crippen LogP contribution >= 0.6 is 0 Å². The molecule has 0 N–H and O–H groups in total. The standard InChI is InChI=1S/C12H12F2O2/c1-2-8-3-5-9(6-4-8)10(15)7-11(16)12(13)14/h3-6,12H,2,7H2,1H3. The minimum atomic E-state index is -3.07. The molecule has 86 valence electrons. The van der Waals surface area contributed by atoms with Crippen LogP contribution in [0.1, 0.15) is 29.3 Å². The first-order valence-corrected chi connectivity index (χ1v) is 4.97. The van der Waals surface area contributed by atoms with Gasteiger partial charge in [-0.3, -0.25) is 9.59 Å². The van der Waals surface area contributed by atoms with Crippen molar-refractivity contribution in [3.63, 3.8) is 0 Å². The van der Waals surface area contributed by atoms with Crippen LogP contribution in [0.3, 0.4) is 0 Å². The summed E-state index contributed by atoms with van der Waals surface area (Å²) in [7, 11) is 0. The van der Waals surface area contributed by atoms with E-state index in [0.717, 1.165) is 12.0 Å². The van der Waals surface area contributed by atoms with Crippen molar-refractivity contribution in [2.75, 3.05) is 0 Å². The molecule has 2 nitrogen and oxygen atoms in total. The Labute approximate surface area is 92.3 Å². The summed E-state index contributed by atoms with van der Waals surface area (Å²) in [5.41, 5.74) is 1.35. The molecule has 1 aromatic carbocycles. The van der Waals surface area contributed by atoms with Gasteiger partial charge in [0.05, 0.1) is 6.42 Å². The fourth-order valence-corrected chi connectivity index (χ4v) is 1.26. The number of aryl methyl sites for hydroxylation is 1. The maximum Gasteiger partial charge on any atom is 0.296 e. The Hall–Kier alpha value is -1.58. The van der Waals surface area contributed by atoms with E-state index in [0.29, 0.717) is 5.56 Å². The second kappa shape index (κ2) is 5.49. The van der Waals surface area contributed by atoms with E-state index in [1.807, 2.05) is 6.92 Å². The average molecular weight is 226 g/mol. The molecule has 0 atom stereocenters. The molecular formula is C12H12F2O2. The number of alkyl halides is 2. The van der Waals surface area contributed by atoms with E-state index in [2.05, 4.69) is 0 Å². The Bertz CT molecular complexity index is 383. The zero-order valence-corrected chi connectivity index (χ0v) is 8.87. The van der Waals surface area contributed by atoms with Gasteiger partial charge in [0.25, 0.3) is 6.43 Å². The third-order valence-electron chi connectivity index (χ3n) is 2.26. The van der Waals surface area contributed by atoms with Gasteiger partial charge in [0.2, 0.25) is 5.78 Å². The summed E-state index contributed by atoms with van der Waals surface area (Å²) in [6.07, 6.45) is -2.97. The largest absolute Gasteiger partial charge is 0.296 e. The summed E-state index contributed by atoms with van der Waals surface area (Å²) in [6, 6.07) is 6.61. The van der Waals surface area contributed by atoms with Crippen LogP contribution in [0.4, 0.5) is 8.78 Å². The van der Waals surface area contributed by atoms with Crippen LogP contribution in [0.5, 0.6) is 0 Å². The monoisotopic (exact) mass is 226 g/mol. The molecule has 0 saturated carbocycles. The molecule has 0 amide bonds. The Kier molecular flexibility index (Phi) is 4.28. The molecular weight excluding hydrogens is 214 g/mol. The third-order valence-corrected chi connectivity index (χ3v) is 2.26. The topological polar surface area (TPSA) is 34.1 Å². The van der Waals surface area contributed by atoms with Crippen molar-refractivity contribution in [3.8, 4) is 0 Å². The molecule has 0 heterocycles. The van der Waals surface area contributed by atoms with Gasteiger partial charge in [-0.15, -0.1) is 0 Å². The van der Waals surface area contributed by atoms with Gasteiger partial charge in [-0.05, 0) is 12.0 Å². The van der Waals surface area contributed by atoms with E-state index < -0.39 is 24.4 Å². The highest BCUT2D eigenvalue weighted by Gasteiger charge is 2.19. The number of carbonyl (C=O) groups is 2. The van der Waals surface area contributed by atoms with Crippen molar-refractivity contribution in [2.45, 2.75) is 26.2 Å². The highest BCUT2D eigenvalue weighted by molar-refractivity contribution is 6.08. The highest BCUT2D eigenvalue weighted by atomic mass is 19.3. The lowest BCUT2D eigenvalue weighted by molar-refractivity contribution is -0.128. The predicted molar refractivity (Wildman–Crippen MR) is 55.8 cm³/mol. The van der Waals surface area contributed by atoms with E-state index >= 15 is 0 Å². The van der Waals surface area contributed by atoms with Gasteiger partial charge < -0.3 is 0 Å². The van der Waals surface area contributed by atoms with Crippen LogP contribution in [-0.4, -0.2) is 18.0 Å². The minimum Gasteiger partial charge on any atom is -0.294 e. The molecule has 0 saturated heterocycles. The van der Waals surface area contributed by atoms with Crippen LogP contribution in [-0.2, 0) is 11.2 Å². The van der Waals surface area contributed by atoms with Gasteiger partial charge in [-0.25, -0.2) is 8.78 Å². The number of ketones is 2. The van der Waals surface area contributed by atoms with Crippen molar-refractivity contribution >= 4 is 11.6 Å². The van der Waals surface area contributed by atoms with Gasteiger partial charge in [0, 0.05) is 5.56 Å². The molecule has 0 aliphatic rings. The number of hydrogen-bond acceptors (Lipinski definition) is 2. The van der Waals surface area contributed by atoms with Crippen molar-refractivity contribution in [1.82, 2.24) is 0 Å². The number of Topliss-reactive ketones (excluding diaryl/α,β-unsaturated/α-hetero) is 2. The molecule has 0 aliphatic carbocycles. The number of carbonyl (C=O) groups excluding carboxylic acids is 2. The molecule has 1 rings (SSSR count). The Morgan fingerprint density at radius 2 is 1.75 bits per heavy atom. The molecule has 0 bridgehead atoms. The zero-order chi connectivity index (χ0) is 12.1. The normalized spacial score (nSPS) is 10.5. The molecule has 0 aliphatic heterocycles. The smallest absolute Gasteiger partial charge is 0.294 e. The molecule has 0 fully saturated rings. The molecule has 0 aromatic heterocycles. The SMILES string of the molecule is CCc1ccc(C(=O)CC(=O)C(F)F)cc1. The molecule has 0 spiro atoms. The Morgan fingerprint density at radius 3 is 2.19 bits per heavy atom. The van der Waals surface area contributed by atoms with Crippen molar-refractivity contribution in [2.24, 2.45) is 0 Å². The second-order valence-corrected chi connectivity index (χ2v) is 3.42. The third kappa shape index (κ3) is 3.22. The lowest BCUT2D eigenvalue weighted by Gasteiger charge is -2.01. The number of hydrogen-bond donors (Lipinski definition) is 0. The Balaban J connectivity index is 2.70. The van der Waals surface area contributed by atoms with Crippen molar-refractivity contribution < 1.29 is 18.4 Å². The lowest BCUT2D eigenvalue weighted by Crippen LogP contribution is -2.15. The van der Waals surface area contributed by atoms with E-state index in [1.54, 1.807) is 24.3 Å². The Morgan fingerprint density at radius 1 is 1.19 bits per heavy atom. The summed E-state index contributed by atoms with van der Waals surface area (Å²) in [4.78, 5) is 22.1. The van der Waals surface area contributed by atoms with Crippen LogP contribution in [0, 0.1) is 0 Å². The summed E-state index contributed by atoms with van der Waals surface area (Å²) in [6.45, 7) is 1.97. The average Bonchev–Trinajstić information content (AvgIpc) is 2.28.